The Morgan fingerprint density at radius 2 is 1.74 bits per heavy atom. The van der Waals surface area contributed by atoms with Crippen LogP contribution in [0.25, 0.3) is 0 Å². The second-order valence-corrected chi connectivity index (χ2v) is 8.46. The predicted molar refractivity (Wildman–Crippen MR) is 113 cm³/mol. The highest BCUT2D eigenvalue weighted by Crippen LogP contribution is 2.38. The number of benzene rings is 1. The summed E-state index contributed by atoms with van der Waals surface area (Å²) in [5.74, 6) is 1.19. The number of hydrogen-bond acceptors (Lipinski definition) is 3. The van der Waals surface area contributed by atoms with Crippen LogP contribution in [0.2, 0.25) is 0 Å². The molecule has 27 heavy (non-hydrogen) atoms. The third-order valence-corrected chi connectivity index (χ3v) is 7.06. The molecule has 1 aromatic rings. The first kappa shape index (κ1) is 20.5. The Hall–Kier alpha value is -1.26. The lowest BCUT2D eigenvalue weighted by Crippen LogP contribution is -2.58. The van der Waals surface area contributed by atoms with Gasteiger partial charge in [-0.1, -0.05) is 38.0 Å². The summed E-state index contributed by atoms with van der Waals surface area (Å²) < 4.78 is 0. The molecule has 0 unspecified atom stereocenters. The number of rotatable bonds is 4. The van der Waals surface area contributed by atoms with Crippen LogP contribution in [0.15, 0.2) is 30.3 Å². The van der Waals surface area contributed by atoms with Gasteiger partial charge in [0.25, 0.3) is 0 Å². The summed E-state index contributed by atoms with van der Waals surface area (Å²) in [6, 6.07) is 11.2. The van der Waals surface area contributed by atoms with Crippen LogP contribution in [0.5, 0.6) is 0 Å². The standard InChI is InChI=1S/C22H33N3O.ClH/c1-2-6-18-9-11-19(12-10-18)24-15-13-22(14-16-24)21(26)23-17-25(22)20-7-4-3-5-8-20;/h3-5,7-8,18-19H,2,6,9-17H2,1H3,(H,23,26);1H/t18-,19-;. The first-order chi connectivity index (χ1) is 12.7. The Morgan fingerprint density at radius 3 is 2.37 bits per heavy atom. The van der Waals surface area contributed by atoms with Crippen LogP contribution in [0.1, 0.15) is 58.3 Å². The second-order valence-electron chi connectivity index (χ2n) is 8.46. The topological polar surface area (TPSA) is 35.6 Å². The molecular weight excluding hydrogens is 358 g/mol. The van der Waals surface area contributed by atoms with Crippen molar-refractivity contribution in [2.75, 3.05) is 24.7 Å². The average molecular weight is 392 g/mol. The Labute approximate surface area is 170 Å². The fourth-order valence-corrected chi connectivity index (χ4v) is 5.50. The highest BCUT2D eigenvalue weighted by atomic mass is 35.5. The zero-order valence-corrected chi connectivity index (χ0v) is 17.3. The fraction of sp³-hybridized carbons (Fsp3) is 0.682. The van der Waals surface area contributed by atoms with E-state index in [0.717, 1.165) is 37.9 Å². The summed E-state index contributed by atoms with van der Waals surface area (Å²) in [6.07, 6.45) is 10.1. The van der Waals surface area contributed by atoms with E-state index < -0.39 is 0 Å². The van der Waals surface area contributed by atoms with Crippen molar-refractivity contribution in [3.05, 3.63) is 30.3 Å². The number of para-hydroxylation sites is 1. The molecule has 1 N–H and O–H groups in total. The molecule has 1 aliphatic carbocycles. The van der Waals surface area contributed by atoms with E-state index in [0.29, 0.717) is 6.67 Å². The molecule has 3 fully saturated rings. The largest absolute Gasteiger partial charge is 0.339 e. The van der Waals surface area contributed by atoms with Gasteiger partial charge in [-0.2, -0.15) is 0 Å². The molecule has 1 amide bonds. The number of nitrogens with zero attached hydrogens (tertiary/aromatic N) is 2. The molecule has 1 spiro atoms. The van der Waals surface area contributed by atoms with Crippen molar-refractivity contribution in [1.29, 1.82) is 0 Å². The van der Waals surface area contributed by atoms with Crippen LogP contribution < -0.4 is 10.2 Å². The van der Waals surface area contributed by atoms with Crippen molar-refractivity contribution < 1.29 is 4.79 Å². The van der Waals surface area contributed by atoms with Crippen molar-refractivity contribution in [3.63, 3.8) is 0 Å². The van der Waals surface area contributed by atoms with Crippen molar-refractivity contribution in [3.8, 4) is 0 Å². The number of piperidine rings is 1. The maximum atomic E-state index is 12.8. The van der Waals surface area contributed by atoms with Crippen molar-refractivity contribution >= 4 is 24.0 Å². The Bertz CT molecular complexity index is 607. The Morgan fingerprint density at radius 1 is 1.07 bits per heavy atom. The molecule has 2 aliphatic heterocycles. The molecule has 150 valence electrons. The number of likely N-dealkylation sites (tertiary alicyclic amines) is 1. The molecule has 0 aromatic heterocycles. The molecule has 3 aliphatic rings. The number of halogens is 1. The van der Waals surface area contributed by atoms with Gasteiger partial charge in [-0.3, -0.25) is 4.79 Å². The number of carbonyl (C=O) groups is 1. The van der Waals surface area contributed by atoms with Crippen LogP contribution in [-0.2, 0) is 4.79 Å². The highest BCUT2D eigenvalue weighted by molar-refractivity contribution is 5.93. The van der Waals surface area contributed by atoms with Gasteiger partial charge < -0.3 is 15.1 Å². The summed E-state index contributed by atoms with van der Waals surface area (Å²) in [6.45, 7) is 5.06. The van der Waals surface area contributed by atoms with Crippen LogP contribution in [-0.4, -0.2) is 42.1 Å². The lowest BCUT2D eigenvalue weighted by Gasteiger charge is -2.46. The summed E-state index contributed by atoms with van der Waals surface area (Å²) in [5, 5.41) is 3.11. The molecule has 4 rings (SSSR count). The number of hydrogen-bond donors (Lipinski definition) is 1. The van der Waals surface area contributed by atoms with Crippen molar-refractivity contribution in [2.24, 2.45) is 5.92 Å². The lowest BCUT2D eigenvalue weighted by atomic mass is 9.80. The summed E-state index contributed by atoms with van der Waals surface area (Å²) in [4.78, 5) is 17.8. The van der Waals surface area contributed by atoms with E-state index in [1.165, 1.54) is 44.2 Å². The molecule has 1 aromatic carbocycles. The molecule has 2 heterocycles. The second kappa shape index (κ2) is 8.83. The smallest absolute Gasteiger partial charge is 0.247 e. The van der Waals surface area contributed by atoms with Gasteiger partial charge in [-0.15, -0.1) is 12.4 Å². The molecule has 0 bridgehead atoms. The van der Waals surface area contributed by atoms with Crippen LogP contribution >= 0.6 is 12.4 Å². The quantitative estimate of drug-likeness (QED) is 0.835. The van der Waals surface area contributed by atoms with Crippen molar-refractivity contribution in [1.82, 2.24) is 10.2 Å². The number of amides is 1. The molecule has 1 saturated carbocycles. The molecule has 2 saturated heterocycles. The van der Waals surface area contributed by atoms with Gasteiger partial charge in [-0.25, -0.2) is 0 Å². The fourth-order valence-electron chi connectivity index (χ4n) is 5.50. The first-order valence-corrected chi connectivity index (χ1v) is 10.6. The van der Waals surface area contributed by atoms with E-state index in [1.54, 1.807) is 0 Å². The highest BCUT2D eigenvalue weighted by Gasteiger charge is 2.50. The maximum Gasteiger partial charge on any atom is 0.247 e. The van der Waals surface area contributed by atoms with Gasteiger partial charge in [0.15, 0.2) is 0 Å². The molecule has 5 heteroatoms. The summed E-state index contributed by atoms with van der Waals surface area (Å²) in [7, 11) is 0. The van der Waals surface area contributed by atoms with Gasteiger partial charge in [0.2, 0.25) is 5.91 Å². The summed E-state index contributed by atoms with van der Waals surface area (Å²) in [5.41, 5.74) is 0.830. The van der Waals surface area contributed by atoms with Gasteiger partial charge >= 0.3 is 0 Å². The minimum absolute atomic E-state index is 0. The zero-order valence-electron chi connectivity index (χ0n) is 16.5. The minimum Gasteiger partial charge on any atom is -0.339 e. The normalized spacial score (nSPS) is 28.0. The lowest BCUT2D eigenvalue weighted by molar-refractivity contribution is -0.125. The predicted octanol–water partition coefficient (Wildman–Crippen LogP) is 4.20. The summed E-state index contributed by atoms with van der Waals surface area (Å²) >= 11 is 0. The number of nitrogens with one attached hydrogen (secondary N) is 1. The van der Waals surface area contributed by atoms with Crippen LogP contribution in [0.3, 0.4) is 0 Å². The van der Waals surface area contributed by atoms with Gasteiger partial charge in [0.1, 0.15) is 5.54 Å². The van der Waals surface area contributed by atoms with E-state index in [4.69, 9.17) is 0 Å². The molecular formula is C22H34ClN3O. The van der Waals surface area contributed by atoms with E-state index in [-0.39, 0.29) is 23.9 Å². The third-order valence-electron chi connectivity index (χ3n) is 7.06. The maximum absolute atomic E-state index is 12.8. The van der Waals surface area contributed by atoms with E-state index in [2.05, 4.69) is 46.3 Å². The molecule has 0 atom stereocenters. The van der Waals surface area contributed by atoms with Crippen LogP contribution in [0, 0.1) is 5.92 Å². The first-order valence-electron chi connectivity index (χ1n) is 10.6. The van der Waals surface area contributed by atoms with Crippen molar-refractivity contribution in [2.45, 2.75) is 69.9 Å². The minimum atomic E-state index is -0.336. The monoisotopic (exact) mass is 391 g/mol. The van der Waals surface area contributed by atoms with E-state index in [1.807, 2.05) is 6.07 Å². The molecule has 4 nitrogen and oxygen atoms in total. The van der Waals surface area contributed by atoms with Gasteiger partial charge in [0, 0.05) is 24.8 Å². The Kier molecular flexibility index (Phi) is 6.69. The Balaban J connectivity index is 0.00000210. The number of anilines is 1. The SMILES string of the molecule is CCC[C@H]1CC[C@H](N2CCC3(CC2)C(=O)NCN3c2ccccc2)CC1.Cl. The van der Waals surface area contributed by atoms with Gasteiger partial charge in [0.05, 0.1) is 6.67 Å². The van der Waals surface area contributed by atoms with E-state index in [9.17, 15) is 4.79 Å². The number of carbonyl (C=O) groups excluding carboxylic acids is 1. The average Bonchev–Trinajstić information content (AvgIpc) is 3.00. The third kappa shape index (κ3) is 3.97. The van der Waals surface area contributed by atoms with E-state index >= 15 is 0 Å². The molecule has 0 radical (unpaired) electrons. The van der Waals surface area contributed by atoms with Crippen LogP contribution in [0.4, 0.5) is 5.69 Å². The zero-order chi connectivity index (χ0) is 18.0. The van der Waals surface area contributed by atoms with Gasteiger partial charge in [-0.05, 0) is 56.6 Å².